The number of carbonyl (C=O) groups excluding carboxylic acids is 1. The van der Waals surface area contributed by atoms with Crippen LogP contribution >= 0.6 is 27.7 Å². The molecule has 0 bridgehead atoms. The Balaban J connectivity index is 2.82. The van der Waals surface area contributed by atoms with Crippen LogP contribution in [0.25, 0.3) is 0 Å². The van der Waals surface area contributed by atoms with Gasteiger partial charge in [0, 0.05) is 0 Å². The number of halogens is 1. The molecule has 0 radical (unpaired) electrons. The van der Waals surface area contributed by atoms with Crippen LogP contribution in [-0.2, 0) is 4.79 Å². The van der Waals surface area contributed by atoms with E-state index in [1.807, 2.05) is 6.92 Å². The quantitative estimate of drug-likeness (QED) is 0.619. The van der Waals surface area contributed by atoms with E-state index < -0.39 is 0 Å². The van der Waals surface area contributed by atoms with Crippen LogP contribution in [0.5, 0.6) is 0 Å². The van der Waals surface area contributed by atoms with Crippen molar-refractivity contribution in [1.82, 2.24) is 0 Å². The van der Waals surface area contributed by atoms with Crippen molar-refractivity contribution < 1.29 is 4.79 Å². The van der Waals surface area contributed by atoms with Crippen LogP contribution in [-0.4, -0.2) is 16.2 Å². The van der Waals surface area contributed by atoms with Crippen LogP contribution in [0.15, 0.2) is 0 Å². The van der Waals surface area contributed by atoms with E-state index in [2.05, 4.69) is 15.9 Å². The van der Waals surface area contributed by atoms with Crippen LogP contribution in [0.3, 0.4) is 0 Å². The summed E-state index contributed by atoms with van der Waals surface area (Å²) in [5, 5.41) is 0. The van der Waals surface area contributed by atoms with E-state index >= 15 is 0 Å². The molecule has 0 aliphatic carbocycles. The van der Waals surface area contributed by atoms with Crippen LogP contribution in [0.2, 0.25) is 0 Å². The average molecular weight is 183 g/mol. The lowest BCUT2D eigenvalue weighted by Crippen LogP contribution is -1.87. The third-order valence-electron chi connectivity index (χ3n) is 0.420. The lowest BCUT2D eigenvalue weighted by molar-refractivity contribution is -0.108. The van der Waals surface area contributed by atoms with Crippen molar-refractivity contribution in [3.8, 4) is 0 Å². The van der Waals surface area contributed by atoms with Crippen molar-refractivity contribution in [2.45, 2.75) is 6.92 Å². The van der Waals surface area contributed by atoms with E-state index in [1.54, 1.807) is 11.8 Å². The summed E-state index contributed by atoms with van der Waals surface area (Å²) in [6.45, 7) is 2.03. The molecule has 0 saturated carbocycles. The number of hydrogen-bond acceptors (Lipinski definition) is 2. The van der Waals surface area contributed by atoms with Gasteiger partial charge < -0.3 is 0 Å². The van der Waals surface area contributed by atoms with Crippen molar-refractivity contribution >= 4 is 32.4 Å². The highest BCUT2D eigenvalue weighted by atomic mass is 79.9. The van der Waals surface area contributed by atoms with E-state index in [-0.39, 0.29) is 4.69 Å². The van der Waals surface area contributed by atoms with Crippen molar-refractivity contribution in [3.63, 3.8) is 0 Å². The first kappa shape index (κ1) is 7.50. The standard InChI is InChI=1S/C4H7BrOS/c1-2-7-3-4(5)6/h2-3H2,1H3. The highest BCUT2D eigenvalue weighted by Crippen LogP contribution is 2.00. The van der Waals surface area contributed by atoms with Crippen LogP contribution in [0, 0.1) is 0 Å². The Labute approximate surface area is 56.0 Å². The third kappa shape index (κ3) is 6.50. The van der Waals surface area contributed by atoms with E-state index in [4.69, 9.17) is 0 Å². The molecule has 3 heteroatoms. The van der Waals surface area contributed by atoms with E-state index in [0.717, 1.165) is 5.75 Å². The normalized spacial score (nSPS) is 8.86. The Morgan fingerprint density at radius 1 is 1.86 bits per heavy atom. The fourth-order valence-corrected chi connectivity index (χ4v) is 1.03. The Bertz CT molecular complexity index is 64.7. The molecular weight excluding hydrogens is 176 g/mol. The molecule has 0 unspecified atom stereocenters. The van der Waals surface area contributed by atoms with Gasteiger partial charge in [0.25, 0.3) is 0 Å². The Hall–Kier alpha value is 0.500. The second-order valence-electron chi connectivity index (χ2n) is 0.992. The highest BCUT2D eigenvalue weighted by Gasteiger charge is 1.90. The zero-order chi connectivity index (χ0) is 5.70. The minimum atomic E-state index is 0.0827. The SMILES string of the molecule is CCSCC(=O)Br. The molecule has 0 atom stereocenters. The summed E-state index contributed by atoms with van der Waals surface area (Å²) in [6.07, 6.45) is 0. The molecule has 0 heterocycles. The zero-order valence-corrected chi connectivity index (χ0v) is 6.51. The maximum absolute atomic E-state index is 10.1. The molecule has 0 aliphatic rings. The zero-order valence-electron chi connectivity index (χ0n) is 4.11. The molecule has 0 aromatic heterocycles. The molecule has 0 aromatic carbocycles. The monoisotopic (exact) mass is 182 g/mol. The van der Waals surface area contributed by atoms with E-state index in [9.17, 15) is 4.79 Å². The number of thioether (sulfide) groups is 1. The van der Waals surface area contributed by atoms with Gasteiger partial charge in [0.1, 0.15) is 0 Å². The van der Waals surface area contributed by atoms with E-state index in [0.29, 0.717) is 5.75 Å². The molecule has 1 nitrogen and oxygen atoms in total. The fraction of sp³-hybridized carbons (Fsp3) is 0.750. The van der Waals surface area contributed by atoms with Gasteiger partial charge in [-0.15, -0.1) is 0 Å². The number of carbonyl (C=O) groups is 1. The molecule has 42 valence electrons. The summed E-state index contributed by atoms with van der Waals surface area (Å²) in [4.78, 5) is 10.1. The fourth-order valence-electron chi connectivity index (χ4n) is 0.182. The van der Waals surface area contributed by atoms with E-state index in [1.165, 1.54) is 0 Å². The van der Waals surface area contributed by atoms with Crippen LogP contribution < -0.4 is 0 Å². The van der Waals surface area contributed by atoms with Crippen molar-refractivity contribution in [2.24, 2.45) is 0 Å². The molecule has 0 N–H and O–H groups in total. The summed E-state index contributed by atoms with van der Waals surface area (Å²) in [5.74, 6) is 1.60. The predicted octanol–water partition coefficient (Wildman–Crippen LogP) is 1.66. The summed E-state index contributed by atoms with van der Waals surface area (Å²) < 4.78 is 0.0827. The molecule has 0 aromatic rings. The maximum Gasteiger partial charge on any atom is 0.207 e. The molecule has 0 aliphatic heterocycles. The molecule has 0 amide bonds. The molecule has 7 heavy (non-hydrogen) atoms. The summed E-state index contributed by atoms with van der Waals surface area (Å²) in [6, 6.07) is 0. The van der Waals surface area contributed by atoms with Gasteiger partial charge in [0.15, 0.2) is 0 Å². The van der Waals surface area contributed by atoms with Gasteiger partial charge in [-0.2, -0.15) is 11.8 Å². The predicted molar refractivity (Wildman–Crippen MR) is 36.9 cm³/mol. The largest absolute Gasteiger partial charge is 0.286 e. The van der Waals surface area contributed by atoms with Crippen LogP contribution in [0.1, 0.15) is 6.92 Å². The average Bonchev–Trinajstić information content (AvgIpc) is 1.61. The first-order valence-corrected chi connectivity index (χ1v) is 3.98. The Kier molecular flexibility index (Phi) is 4.99. The highest BCUT2D eigenvalue weighted by molar-refractivity contribution is 9.18. The Morgan fingerprint density at radius 3 is 2.57 bits per heavy atom. The van der Waals surface area contributed by atoms with Crippen molar-refractivity contribution in [2.75, 3.05) is 11.5 Å². The van der Waals surface area contributed by atoms with Crippen LogP contribution in [0.4, 0.5) is 0 Å². The van der Waals surface area contributed by atoms with Crippen molar-refractivity contribution in [1.29, 1.82) is 0 Å². The van der Waals surface area contributed by atoms with Gasteiger partial charge in [-0.25, -0.2) is 0 Å². The molecular formula is C4H7BrOS. The van der Waals surface area contributed by atoms with Gasteiger partial charge in [0.2, 0.25) is 4.69 Å². The maximum atomic E-state index is 10.1. The van der Waals surface area contributed by atoms with Crippen molar-refractivity contribution in [3.05, 3.63) is 0 Å². The summed E-state index contributed by atoms with van der Waals surface area (Å²) in [5.41, 5.74) is 0. The smallest absolute Gasteiger partial charge is 0.207 e. The van der Waals surface area contributed by atoms with Gasteiger partial charge in [-0.1, -0.05) is 6.92 Å². The molecule has 0 saturated heterocycles. The molecule has 0 spiro atoms. The van der Waals surface area contributed by atoms with Gasteiger partial charge >= 0.3 is 0 Å². The minimum absolute atomic E-state index is 0.0827. The number of hydrogen-bond donors (Lipinski definition) is 0. The number of rotatable bonds is 3. The molecule has 0 fully saturated rings. The minimum Gasteiger partial charge on any atom is -0.286 e. The first-order valence-electron chi connectivity index (χ1n) is 2.03. The summed E-state index contributed by atoms with van der Waals surface area (Å²) >= 11 is 4.44. The Morgan fingerprint density at radius 2 is 2.43 bits per heavy atom. The lowest BCUT2D eigenvalue weighted by Gasteiger charge is -1.85. The van der Waals surface area contributed by atoms with Gasteiger partial charge in [0.05, 0.1) is 5.75 Å². The topological polar surface area (TPSA) is 17.1 Å². The summed E-state index contributed by atoms with van der Waals surface area (Å²) in [7, 11) is 0. The van der Waals surface area contributed by atoms with Gasteiger partial charge in [-0.05, 0) is 21.7 Å². The third-order valence-corrected chi connectivity index (χ3v) is 1.95. The van der Waals surface area contributed by atoms with Gasteiger partial charge in [-0.3, -0.25) is 4.79 Å². The second kappa shape index (κ2) is 4.65. The molecule has 0 rings (SSSR count). The first-order chi connectivity index (χ1) is 3.27. The second-order valence-corrected chi connectivity index (χ2v) is 3.15. The lowest BCUT2D eigenvalue weighted by atomic mass is 10.9.